The standard InChI is InChI=1S/C10H14F3N5O/c11-10(12,13)9(19)15-5-7-16-8(18-17-7)6-1-3-14-4-2-6/h6,14H,1-5H2,(H,15,19)(H,16,17,18). The average molecular weight is 277 g/mol. The molecule has 1 aromatic rings. The van der Waals surface area contributed by atoms with Crippen molar-refractivity contribution in [2.24, 2.45) is 0 Å². The molecule has 1 fully saturated rings. The van der Waals surface area contributed by atoms with Crippen LogP contribution < -0.4 is 10.6 Å². The van der Waals surface area contributed by atoms with E-state index < -0.39 is 12.1 Å². The van der Waals surface area contributed by atoms with Crippen LogP contribution in [0.1, 0.15) is 30.4 Å². The normalized spacial score (nSPS) is 17.4. The second-order valence-electron chi connectivity index (χ2n) is 4.35. The lowest BCUT2D eigenvalue weighted by Gasteiger charge is -2.19. The highest BCUT2D eigenvalue weighted by atomic mass is 19.4. The van der Waals surface area contributed by atoms with Crippen LogP contribution in [0.15, 0.2) is 0 Å². The van der Waals surface area contributed by atoms with Crippen LogP contribution in [0, 0.1) is 0 Å². The maximum atomic E-state index is 12.0. The van der Waals surface area contributed by atoms with Crippen molar-refractivity contribution in [2.45, 2.75) is 31.5 Å². The first kappa shape index (κ1) is 13.8. The van der Waals surface area contributed by atoms with Crippen LogP contribution in [-0.4, -0.2) is 40.4 Å². The molecule has 9 heteroatoms. The molecule has 106 valence electrons. The van der Waals surface area contributed by atoms with Crippen LogP contribution in [-0.2, 0) is 11.3 Å². The Kier molecular flexibility index (Phi) is 4.03. The Bertz CT molecular complexity index is 439. The lowest BCUT2D eigenvalue weighted by atomic mass is 9.98. The summed E-state index contributed by atoms with van der Waals surface area (Å²) in [5.74, 6) is -0.944. The van der Waals surface area contributed by atoms with Crippen molar-refractivity contribution < 1.29 is 18.0 Å². The van der Waals surface area contributed by atoms with Crippen LogP contribution >= 0.6 is 0 Å². The van der Waals surface area contributed by atoms with Crippen LogP contribution in [0.25, 0.3) is 0 Å². The number of piperidine rings is 1. The smallest absolute Gasteiger partial charge is 0.341 e. The fraction of sp³-hybridized carbons (Fsp3) is 0.700. The van der Waals surface area contributed by atoms with Gasteiger partial charge < -0.3 is 10.6 Å². The van der Waals surface area contributed by atoms with Crippen LogP contribution in [0.5, 0.6) is 0 Å². The van der Waals surface area contributed by atoms with Crippen molar-refractivity contribution in [1.29, 1.82) is 0 Å². The molecule has 0 spiro atoms. The number of rotatable bonds is 3. The van der Waals surface area contributed by atoms with E-state index in [0.29, 0.717) is 5.82 Å². The quantitative estimate of drug-likeness (QED) is 0.749. The van der Waals surface area contributed by atoms with Gasteiger partial charge in [-0.2, -0.15) is 18.3 Å². The van der Waals surface area contributed by atoms with Gasteiger partial charge in [0, 0.05) is 5.92 Å². The number of aromatic amines is 1. The van der Waals surface area contributed by atoms with E-state index in [1.54, 1.807) is 5.32 Å². The summed E-state index contributed by atoms with van der Waals surface area (Å²) >= 11 is 0. The number of aromatic nitrogens is 3. The van der Waals surface area contributed by atoms with E-state index in [2.05, 4.69) is 20.5 Å². The molecule has 0 saturated carbocycles. The first-order chi connectivity index (χ1) is 8.97. The Hall–Kier alpha value is -1.64. The molecule has 0 atom stereocenters. The van der Waals surface area contributed by atoms with Crippen molar-refractivity contribution in [3.8, 4) is 0 Å². The number of amides is 1. The van der Waals surface area contributed by atoms with Gasteiger partial charge in [0.1, 0.15) is 5.82 Å². The van der Waals surface area contributed by atoms with Gasteiger partial charge in [0.2, 0.25) is 0 Å². The molecular weight excluding hydrogens is 263 g/mol. The fourth-order valence-corrected chi connectivity index (χ4v) is 1.92. The number of H-pyrrole nitrogens is 1. The van der Waals surface area contributed by atoms with E-state index in [1.807, 2.05) is 0 Å². The third-order valence-corrected chi connectivity index (χ3v) is 2.93. The molecule has 0 aliphatic carbocycles. The Balaban J connectivity index is 1.89. The highest BCUT2D eigenvalue weighted by Gasteiger charge is 2.38. The minimum absolute atomic E-state index is 0.213. The molecule has 0 unspecified atom stereocenters. The Labute approximate surface area is 107 Å². The number of hydrogen-bond donors (Lipinski definition) is 3. The molecule has 1 saturated heterocycles. The van der Waals surface area contributed by atoms with E-state index in [0.717, 1.165) is 25.9 Å². The zero-order valence-electron chi connectivity index (χ0n) is 10.0. The Morgan fingerprint density at radius 2 is 2.05 bits per heavy atom. The molecule has 1 amide bonds. The predicted octanol–water partition coefficient (Wildman–Crippen LogP) is 0.450. The van der Waals surface area contributed by atoms with E-state index in [-0.39, 0.29) is 18.3 Å². The maximum Gasteiger partial charge on any atom is 0.471 e. The summed E-state index contributed by atoms with van der Waals surface area (Å²) in [6.45, 7) is 1.44. The monoisotopic (exact) mass is 277 g/mol. The van der Waals surface area contributed by atoms with Gasteiger partial charge >= 0.3 is 12.1 Å². The summed E-state index contributed by atoms with van der Waals surface area (Å²) in [7, 11) is 0. The third-order valence-electron chi connectivity index (χ3n) is 2.93. The highest BCUT2D eigenvalue weighted by Crippen LogP contribution is 2.21. The number of carbonyl (C=O) groups excluding carboxylic acids is 1. The molecule has 2 rings (SSSR count). The molecule has 3 N–H and O–H groups in total. The van der Waals surface area contributed by atoms with Gasteiger partial charge in [-0.3, -0.25) is 9.89 Å². The first-order valence-corrected chi connectivity index (χ1v) is 5.93. The lowest BCUT2D eigenvalue weighted by Crippen LogP contribution is -2.36. The van der Waals surface area contributed by atoms with Gasteiger partial charge in [-0.1, -0.05) is 0 Å². The molecule has 1 aliphatic rings. The van der Waals surface area contributed by atoms with E-state index in [1.165, 1.54) is 0 Å². The zero-order chi connectivity index (χ0) is 13.9. The fourth-order valence-electron chi connectivity index (χ4n) is 1.92. The van der Waals surface area contributed by atoms with Crippen molar-refractivity contribution >= 4 is 5.91 Å². The minimum atomic E-state index is -4.88. The Morgan fingerprint density at radius 3 is 2.68 bits per heavy atom. The van der Waals surface area contributed by atoms with E-state index >= 15 is 0 Å². The molecule has 6 nitrogen and oxygen atoms in total. The average Bonchev–Trinajstić information content (AvgIpc) is 2.84. The van der Waals surface area contributed by atoms with E-state index in [4.69, 9.17) is 0 Å². The molecule has 0 aromatic carbocycles. The third kappa shape index (κ3) is 3.66. The van der Waals surface area contributed by atoms with Gasteiger partial charge in [0.15, 0.2) is 5.82 Å². The Morgan fingerprint density at radius 1 is 1.37 bits per heavy atom. The summed E-state index contributed by atoms with van der Waals surface area (Å²) in [5.41, 5.74) is 0. The number of hydrogen-bond acceptors (Lipinski definition) is 4. The topological polar surface area (TPSA) is 82.7 Å². The van der Waals surface area contributed by atoms with Gasteiger partial charge in [-0.25, -0.2) is 4.98 Å². The van der Waals surface area contributed by atoms with Gasteiger partial charge in [-0.05, 0) is 25.9 Å². The summed E-state index contributed by atoms with van der Waals surface area (Å²) < 4.78 is 35.9. The highest BCUT2D eigenvalue weighted by molar-refractivity contribution is 5.81. The van der Waals surface area contributed by atoms with Gasteiger partial charge in [-0.15, -0.1) is 0 Å². The number of nitrogens with one attached hydrogen (secondary N) is 3. The van der Waals surface area contributed by atoms with Crippen LogP contribution in [0.2, 0.25) is 0 Å². The SMILES string of the molecule is O=C(NCc1nc(C2CCNCC2)n[nH]1)C(F)(F)F. The second kappa shape index (κ2) is 5.55. The van der Waals surface area contributed by atoms with E-state index in [9.17, 15) is 18.0 Å². The summed E-state index contributed by atoms with van der Waals surface area (Å²) in [5, 5.41) is 11.5. The number of nitrogens with zero attached hydrogens (tertiary/aromatic N) is 2. The zero-order valence-corrected chi connectivity index (χ0v) is 10.0. The van der Waals surface area contributed by atoms with Crippen LogP contribution in [0.4, 0.5) is 13.2 Å². The predicted molar refractivity (Wildman–Crippen MR) is 59.1 cm³/mol. The van der Waals surface area contributed by atoms with Crippen molar-refractivity contribution in [1.82, 2.24) is 25.8 Å². The molecule has 0 bridgehead atoms. The number of halogens is 3. The summed E-state index contributed by atoms with van der Waals surface area (Å²) in [6.07, 6.45) is -3.09. The first-order valence-electron chi connectivity index (χ1n) is 5.93. The van der Waals surface area contributed by atoms with Crippen LogP contribution in [0.3, 0.4) is 0 Å². The number of carbonyl (C=O) groups is 1. The van der Waals surface area contributed by atoms with Crippen molar-refractivity contribution in [2.75, 3.05) is 13.1 Å². The van der Waals surface area contributed by atoms with Gasteiger partial charge in [0.05, 0.1) is 6.54 Å². The molecular formula is C10H14F3N5O. The summed E-state index contributed by atoms with van der Waals surface area (Å²) in [6, 6.07) is 0. The largest absolute Gasteiger partial charge is 0.471 e. The summed E-state index contributed by atoms with van der Waals surface area (Å²) in [4.78, 5) is 14.8. The molecule has 1 aliphatic heterocycles. The maximum absolute atomic E-state index is 12.0. The molecule has 2 heterocycles. The second-order valence-corrected chi connectivity index (χ2v) is 4.35. The van der Waals surface area contributed by atoms with Crippen molar-refractivity contribution in [3.05, 3.63) is 11.6 Å². The number of alkyl halides is 3. The molecule has 1 aromatic heterocycles. The lowest BCUT2D eigenvalue weighted by molar-refractivity contribution is -0.173. The van der Waals surface area contributed by atoms with Gasteiger partial charge in [0.25, 0.3) is 0 Å². The van der Waals surface area contributed by atoms with Crippen molar-refractivity contribution in [3.63, 3.8) is 0 Å². The molecule has 19 heavy (non-hydrogen) atoms. The molecule has 0 radical (unpaired) electrons. The minimum Gasteiger partial charge on any atom is -0.341 e.